The van der Waals surface area contributed by atoms with Crippen LogP contribution < -0.4 is 10.0 Å². The molecule has 2 rings (SSSR count). The maximum absolute atomic E-state index is 10.8. The van der Waals surface area contributed by atoms with E-state index >= 15 is 0 Å². The summed E-state index contributed by atoms with van der Waals surface area (Å²) in [5.74, 6) is -1.20. The highest BCUT2D eigenvalue weighted by molar-refractivity contribution is 5.90. The average Bonchev–Trinajstić information content (AvgIpc) is 2.69. The molecule has 6 nitrogen and oxygen atoms in total. The maximum Gasteiger partial charge on any atom is 0.113 e. The molecule has 6 heteroatoms. The number of carboxylic acid groups (broad SMARTS) is 1. The molecule has 1 heterocycles. The zero-order valence-electron chi connectivity index (χ0n) is 12.3. The minimum absolute atomic E-state index is 0.0759. The lowest BCUT2D eigenvalue weighted by atomic mass is 9.93. The Morgan fingerprint density at radius 1 is 1.40 bits per heavy atom. The number of hydrogen-bond acceptors (Lipinski definition) is 4. The third-order valence-electron chi connectivity index (χ3n) is 3.16. The van der Waals surface area contributed by atoms with Crippen molar-refractivity contribution in [3.63, 3.8) is 0 Å². The van der Waals surface area contributed by atoms with Crippen molar-refractivity contribution in [3.8, 4) is 0 Å². The third-order valence-corrected chi connectivity index (χ3v) is 3.16. The standard InChI is InChI=1S/C14H20N4O2/c1-14(2,8-17(3)4)9-18-12-6-5-10(13(19)20)7-11(12)15-16-18/h5-7H,8-9H2,1-4H3,(H,19,20). The van der Waals surface area contributed by atoms with Gasteiger partial charge in [-0.3, -0.25) is 0 Å². The minimum Gasteiger partial charge on any atom is -0.545 e. The van der Waals surface area contributed by atoms with Crippen LogP contribution in [0.25, 0.3) is 11.0 Å². The number of aromatic carboxylic acids is 1. The molecule has 0 aliphatic carbocycles. The topological polar surface area (TPSA) is 75.3 Å². The monoisotopic (exact) mass is 276 g/mol. The normalized spacial score (nSPS) is 12.2. The quantitative estimate of drug-likeness (QED) is 0.757. The van der Waals surface area contributed by atoms with Crippen LogP contribution in [0.3, 0.4) is 0 Å². The molecule has 1 aromatic carbocycles. The first-order valence-electron chi connectivity index (χ1n) is 6.62. The number of carbonyl (C=O) groups is 1. The van der Waals surface area contributed by atoms with E-state index in [0.29, 0.717) is 5.52 Å². The van der Waals surface area contributed by atoms with Crippen LogP contribution in [0.5, 0.6) is 0 Å². The van der Waals surface area contributed by atoms with Gasteiger partial charge < -0.3 is 14.8 Å². The van der Waals surface area contributed by atoms with Crippen molar-refractivity contribution in [2.45, 2.75) is 20.4 Å². The van der Waals surface area contributed by atoms with Gasteiger partial charge in [0.1, 0.15) is 5.52 Å². The van der Waals surface area contributed by atoms with Crippen molar-refractivity contribution < 1.29 is 14.8 Å². The molecule has 108 valence electrons. The first kappa shape index (κ1) is 14.5. The molecule has 0 fully saturated rings. The first-order valence-corrected chi connectivity index (χ1v) is 6.62. The molecule has 0 spiro atoms. The predicted molar refractivity (Wildman–Crippen MR) is 73.3 cm³/mol. The summed E-state index contributed by atoms with van der Waals surface area (Å²) >= 11 is 0. The van der Waals surface area contributed by atoms with E-state index in [9.17, 15) is 9.90 Å². The van der Waals surface area contributed by atoms with Gasteiger partial charge >= 0.3 is 0 Å². The molecule has 0 aliphatic heterocycles. The van der Waals surface area contributed by atoms with Gasteiger partial charge in [-0.2, -0.15) is 0 Å². The summed E-state index contributed by atoms with van der Waals surface area (Å²) in [6.07, 6.45) is 0. The number of nitrogens with zero attached hydrogens (tertiary/aromatic N) is 3. The van der Waals surface area contributed by atoms with E-state index in [1.807, 2.05) is 4.68 Å². The van der Waals surface area contributed by atoms with Crippen LogP contribution >= 0.6 is 0 Å². The van der Waals surface area contributed by atoms with E-state index < -0.39 is 5.97 Å². The van der Waals surface area contributed by atoms with Gasteiger partial charge in [0.2, 0.25) is 0 Å². The molecule has 0 aliphatic rings. The van der Waals surface area contributed by atoms with E-state index in [4.69, 9.17) is 0 Å². The Hall–Kier alpha value is -1.95. The molecular formula is C14H20N4O2. The molecule has 1 N–H and O–H groups in total. The van der Waals surface area contributed by atoms with Gasteiger partial charge in [-0.25, -0.2) is 4.68 Å². The summed E-state index contributed by atoms with van der Waals surface area (Å²) in [5, 5.41) is 19.0. The SMILES string of the molecule is C[NH+](C)CC(C)(C)Cn1nnc2cc(C(=O)[O-])ccc21. The fraction of sp³-hybridized carbons (Fsp3) is 0.500. The number of nitrogens with one attached hydrogen (secondary N) is 1. The molecule has 0 unspecified atom stereocenters. The Morgan fingerprint density at radius 3 is 2.70 bits per heavy atom. The second kappa shape index (κ2) is 5.20. The Labute approximate surface area is 118 Å². The average molecular weight is 276 g/mol. The summed E-state index contributed by atoms with van der Waals surface area (Å²) in [4.78, 5) is 12.2. The van der Waals surface area contributed by atoms with Crippen LogP contribution in [0.4, 0.5) is 0 Å². The Morgan fingerprint density at radius 2 is 2.10 bits per heavy atom. The van der Waals surface area contributed by atoms with E-state index in [-0.39, 0.29) is 11.0 Å². The number of rotatable bonds is 5. The zero-order valence-corrected chi connectivity index (χ0v) is 12.3. The number of fused-ring (bicyclic) bond motifs is 1. The Balaban J connectivity index is 2.30. The second-order valence-electron chi connectivity index (χ2n) is 6.29. The van der Waals surface area contributed by atoms with Crippen LogP contribution in [-0.4, -0.2) is 41.6 Å². The lowest BCUT2D eigenvalue weighted by Gasteiger charge is -2.25. The van der Waals surface area contributed by atoms with Crippen LogP contribution in [0.2, 0.25) is 0 Å². The summed E-state index contributed by atoms with van der Waals surface area (Å²) in [5.41, 5.74) is 1.63. The highest BCUT2D eigenvalue weighted by Crippen LogP contribution is 2.19. The van der Waals surface area contributed by atoms with Gasteiger partial charge in [0.25, 0.3) is 0 Å². The number of carboxylic acids is 1. The zero-order chi connectivity index (χ0) is 14.9. The van der Waals surface area contributed by atoms with Gasteiger partial charge in [0.05, 0.1) is 38.7 Å². The lowest BCUT2D eigenvalue weighted by molar-refractivity contribution is -0.865. The Bertz CT molecular complexity index is 631. The molecule has 2 aromatic rings. The Kier molecular flexibility index (Phi) is 3.76. The van der Waals surface area contributed by atoms with Crippen molar-refractivity contribution in [2.24, 2.45) is 5.41 Å². The van der Waals surface area contributed by atoms with Gasteiger partial charge in [-0.05, 0) is 17.7 Å². The summed E-state index contributed by atoms with van der Waals surface area (Å²) < 4.78 is 1.83. The third kappa shape index (κ3) is 3.14. The molecule has 0 saturated carbocycles. The summed E-state index contributed by atoms with van der Waals surface area (Å²) in [6.45, 7) is 6.11. The first-order chi connectivity index (χ1) is 9.28. The number of benzene rings is 1. The number of hydrogen-bond donors (Lipinski definition) is 1. The highest BCUT2D eigenvalue weighted by atomic mass is 16.4. The van der Waals surface area contributed by atoms with Crippen molar-refractivity contribution in [2.75, 3.05) is 20.6 Å². The van der Waals surface area contributed by atoms with Crippen molar-refractivity contribution >= 4 is 17.0 Å². The number of aromatic nitrogens is 3. The van der Waals surface area contributed by atoms with Crippen LogP contribution in [0.1, 0.15) is 24.2 Å². The molecule has 0 bridgehead atoms. The highest BCUT2D eigenvalue weighted by Gasteiger charge is 2.23. The summed E-state index contributed by atoms with van der Waals surface area (Å²) in [6, 6.07) is 4.76. The van der Waals surface area contributed by atoms with E-state index in [0.717, 1.165) is 18.6 Å². The smallest absolute Gasteiger partial charge is 0.113 e. The van der Waals surface area contributed by atoms with Crippen LogP contribution in [-0.2, 0) is 6.54 Å². The summed E-state index contributed by atoms with van der Waals surface area (Å²) in [7, 11) is 4.24. The largest absolute Gasteiger partial charge is 0.545 e. The molecule has 0 atom stereocenters. The minimum atomic E-state index is -1.20. The van der Waals surface area contributed by atoms with Crippen LogP contribution in [0, 0.1) is 5.41 Å². The molecular weight excluding hydrogens is 256 g/mol. The fourth-order valence-corrected chi connectivity index (χ4v) is 2.63. The van der Waals surface area contributed by atoms with Gasteiger partial charge in [-0.15, -0.1) is 5.10 Å². The van der Waals surface area contributed by atoms with E-state index in [1.54, 1.807) is 6.07 Å². The maximum atomic E-state index is 10.8. The lowest BCUT2D eigenvalue weighted by Crippen LogP contribution is -3.07. The van der Waals surface area contributed by atoms with E-state index in [1.165, 1.54) is 17.0 Å². The predicted octanol–water partition coefficient (Wildman–Crippen LogP) is -1.03. The van der Waals surface area contributed by atoms with Crippen molar-refractivity contribution in [1.29, 1.82) is 0 Å². The number of quaternary nitrogens is 1. The van der Waals surface area contributed by atoms with Gasteiger partial charge in [0.15, 0.2) is 0 Å². The molecule has 0 amide bonds. The molecule has 0 saturated heterocycles. The van der Waals surface area contributed by atoms with E-state index in [2.05, 4.69) is 38.3 Å². The van der Waals surface area contributed by atoms with Crippen LogP contribution in [0.15, 0.2) is 18.2 Å². The second-order valence-corrected chi connectivity index (χ2v) is 6.29. The van der Waals surface area contributed by atoms with Crippen molar-refractivity contribution in [3.05, 3.63) is 23.8 Å². The molecule has 20 heavy (non-hydrogen) atoms. The molecule has 0 radical (unpaired) electrons. The van der Waals surface area contributed by atoms with Gasteiger partial charge in [-0.1, -0.05) is 25.1 Å². The fourth-order valence-electron chi connectivity index (χ4n) is 2.63. The number of carbonyl (C=O) groups excluding carboxylic acids is 1. The molecule has 1 aromatic heterocycles. The van der Waals surface area contributed by atoms with Crippen molar-refractivity contribution in [1.82, 2.24) is 15.0 Å². The van der Waals surface area contributed by atoms with Gasteiger partial charge in [0, 0.05) is 5.41 Å².